The van der Waals surface area contributed by atoms with Gasteiger partial charge in [0.25, 0.3) is 0 Å². The lowest BCUT2D eigenvalue weighted by molar-refractivity contribution is -0.122. The fourth-order valence-electron chi connectivity index (χ4n) is 3.17. The van der Waals surface area contributed by atoms with Gasteiger partial charge in [0, 0.05) is 37.7 Å². The molecule has 0 saturated carbocycles. The van der Waals surface area contributed by atoms with Crippen LogP contribution in [0.2, 0.25) is 5.02 Å². The van der Waals surface area contributed by atoms with Gasteiger partial charge in [0.15, 0.2) is 5.96 Å². The Morgan fingerprint density at radius 3 is 2.53 bits per heavy atom. The maximum atomic E-state index is 11.9. The molecular formula is C21H35ClIN5O2. The Morgan fingerprint density at radius 2 is 1.93 bits per heavy atom. The zero-order chi connectivity index (χ0) is 21.1. The molecule has 9 heteroatoms. The van der Waals surface area contributed by atoms with E-state index in [-0.39, 0.29) is 36.0 Å². The molecule has 0 aromatic heterocycles. The summed E-state index contributed by atoms with van der Waals surface area (Å²) >= 11 is 5.90. The van der Waals surface area contributed by atoms with Crippen LogP contribution in [0.5, 0.6) is 5.75 Å². The van der Waals surface area contributed by atoms with Crippen molar-refractivity contribution in [2.24, 2.45) is 4.99 Å². The minimum absolute atomic E-state index is 0. The second-order valence-electron chi connectivity index (χ2n) is 7.38. The van der Waals surface area contributed by atoms with Crippen LogP contribution in [-0.2, 0) is 4.79 Å². The van der Waals surface area contributed by atoms with E-state index >= 15 is 0 Å². The fourth-order valence-corrected chi connectivity index (χ4v) is 3.30. The molecule has 1 fully saturated rings. The van der Waals surface area contributed by atoms with Crippen molar-refractivity contribution in [1.82, 2.24) is 20.9 Å². The van der Waals surface area contributed by atoms with Crippen molar-refractivity contribution in [2.45, 2.75) is 45.3 Å². The molecule has 1 aliphatic rings. The molecule has 1 heterocycles. The highest BCUT2D eigenvalue weighted by atomic mass is 127. The predicted octanol–water partition coefficient (Wildman–Crippen LogP) is 2.88. The molecule has 1 unspecified atom stereocenters. The van der Waals surface area contributed by atoms with Crippen LogP contribution >= 0.6 is 35.6 Å². The summed E-state index contributed by atoms with van der Waals surface area (Å²) in [6.07, 6.45) is 2.92. The number of halogens is 2. The number of nitrogens with one attached hydrogen (secondary N) is 3. The molecule has 0 radical (unpaired) electrons. The number of benzene rings is 1. The van der Waals surface area contributed by atoms with Gasteiger partial charge < -0.3 is 20.7 Å². The van der Waals surface area contributed by atoms with E-state index in [9.17, 15) is 4.79 Å². The highest BCUT2D eigenvalue weighted by Crippen LogP contribution is 2.16. The van der Waals surface area contributed by atoms with Crippen molar-refractivity contribution in [1.29, 1.82) is 0 Å². The predicted molar refractivity (Wildman–Crippen MR) is 134 cm³/mol. The summed E-state index contributed by atoms with van der Waals surface area (Å²) in [5, 5.41) is 10.4. The third-order valence-electron chi connectivity index (χ3n) is 4.80. The standard InChI is InChI=1S/C21H34ClN5O2.HI/c1-4-11-24-20(28)15-27-12-9-18(10-13-27)26-21(23-3)25-14-16(2)29-19-7-5-17(22)6-8-19;/h5-8,16,18H,4,9-15H2,1-3H3,(H,24,28)(H2,23,25,26);1H. The number of ether oxygens (including phenoxy) is 1. The van der Waals surface area contributed by atoms with Crippen LogP contribution in [0.1, 0.15) is 33.1 Å². The van der Waals surface area contributed by atoms with E-state index in [0.717, 1.165) is 50.6 Å². The molecule has 0 spiro atoms. The lowest BCUT2D eigenvalue weighted by atomic mass is 10.1. The summed E-state index contributed by atoms with van der Waals surface area (Å²) in [7, 11) is 1.77. The van der Waals surface area contributed by atoms with E-state index in [1.54, 1.807) is 7.05 Å². The van der Waals surface area contributed by atoms with Gasteiger partial charge in [-0.2, -0.15) is 0 Å². The van der Waals surface area contributed by atoms with Crippen molar-refractivity contribution in [3.05, 3.63) is 29.3 Å². The fraction of sp³-hybridized carbons (Fsp3) is 0.619. The maximum Gasteiger partial charge on any atom is 0.234 e. The zero-order valence-corrected chi connectivity index (χ0v) is 21.2. The minimum Gasteiger partial charge on any atom is -0.489 e. The van der Waals surface area contributed by atoms with Gasteiger partial charge in [-0.1, -0.05) is 18.5 Å². The molecular weight excluding hydrogens is 517 g/mol. The van der Waals surface area contributed by atoms with Crippen LogP contribution < -0.4 is 20.7 Å². The summed E-state index contributed by atoms with van der Waals surface area (Å²) in [5.74, 6) is 1.68. The Bertz CT molecular complexity index is 651. The average molecular weight is 552 g/mol. The van der Waals surface area contributed by atoms with Crippen LogP contribution in [0.3, 0.4) is 0 Å². The summed E-state index contributed by atoms with van der Waals surface area (Å²) < 4.78 is 5.88. The Morgan fingerprint density at radius 1 is 1.27 bits per heavy atom. The smallest absolute Gasteiger partial charge is 0.234 e. The zero-order valence-electron chi connectivity index (χ0n) is 18.1. The van der Waals surface area contributed by atoms with Gasteiger partial charge in [0.2, 0.25) is 5.91 Å². The van der Waals surface area contributed by atoms with E-state index in [4.69, 9.17) is 16.3 Å². The van der Waals surface area contributed by atoms with Crippen LogP contribution in [0.4, 0.5) is 0 Å². The highest BCUT2D eigenvalue weighted by Gasteiger charge is 2.21. The molecule has 3 N–H and O–H groups in total. The van der Waals surface area contributed by atoms with Crippen molar-refractivity contribution in [3.63, 3.8) is 0 Å². The van der Waals surface area contributed by atoms with Crippen molar-refractivity contribution in [3.8, 4) is 5.75 Å². The Balaban J connectivity index is 0.00000450. The number of carbonyl (C=O) groups is 1. The van der Waals surface area contributed by atoms with Crippen LogP contribution in [0.25, 0.3) is 0 Å². The van der Waals surface area contributed by atoms with Crippen LogP contribution in [-0.4, -0.2) is 68.7 Å². The average Bonchev–Trinajstić information content (AvgIpc) is 2.72. The first kappa shape index (κ1) is 26.8. The van der Waals surface area contributed by atoms with Gasteiger partial charge in [-0.3, -0.25) is 14.7 Å². The minimum atomic E-state index is -0.0155. The first-order valence-electron chi connectivity index (χ1n) is 10.4. The molecule has 1 amide bonds. The molecule has 1 aromatic rings. The summed E-state index contributed by atoms with van der Waals surface area (Å²) in [5.41, 5.74) is 0. The maximum absolute atomic E-state index is 11.9. The van der Waals surface area contributed by atoms with Gasteiger partial charge >= 0.3 is 0 Å². The molecule has 0 aliphatic carbocycles. The van der Waals surface area contributed by atoms with E-state index < -0.39 is 0 Å². The number of carbonyl (C=O) groups excluding carboxylic acids is 1. The van der Waals surface area contributed by atoms with Crippen molar-refractivity contribution < 1.29 is 9.53 Å². The summed E-state index contributed by atoms with van der Waals surface area (Å²) in [6.45, 7) is 7.76. The number of rotatable bonds is 9. The number of piperidine rings is 1. The number of hydrogen-bond acceptors (Lipinski definition) is 4. The lowest BCUT2D eigenvalue weighted by Crippen LogP contribution is -2.51. The summed E-state index contributed by atoms with van der Waals surface area (Å²) in [6, 6.07) is 7.71. The highest BCUT2D eigenvalue weighted by molar-refractivity contribution is 14.0. The Hall–Kier alpha value is -1.26. The van der Waals surface area contributed by atoms with Gasteiger partial charge in [-0.25, -0.2) is 0 Å². The molecule has 170 valence electrons. The molecule has 1 aliphatic heterocycles. The number of hydrogen-bond donors (Lipinski definition) is 3. The molecule has 7 nitrogen and oxygen atoms in total. The Kier molecular flexibility index (Phi) is 13.1. The SMILES string of the molecule is CCCNC(=O)CN1CCC(NC(=NC)NCC(C)Oc2ccc(Cl)cc2)CC1.I. The topological polar surface area (TPSA) is 78.0 Å². The largest absolute Gasteiger partial charge is 0.489 e. The molecule has 2 rings (SSSR count). The van der Waals surface area contributed by atoms with E-state index in [2.05, 4.69) is 32.8 Å². The first-order valence-corrected chi connectivity index (χ1v) is 10.8. The lowest BCUT2D eigenvalue weighted by Gasteiger charge is -2.32. The van der Waals surface area contributed by atoms with E-state index in [0.29, 0.717) is 24.2 Å². The first-order chi connectivity index (χ1) is 14.0. The second-order valence-corrected chi connectivity index (χ2v) is 7.82. The third-order valence-corrected chi connectivity index (χ3v) is 5.05. The third kappa shape index (κ3) is 10.2. The molecule has 1 saturated heterocycles. The number of likely N-dealkylation sites (tertiary alicyclic amines) is 1. The number of amides is 1. The number of guanidine groups is 1. The van der Waals surface area contributed by atoms with Gasteiger partial charge in [-0.15, -0.1) is 24.0 Å². The number of nitrogens with zero attached hydrogens (tertiary/aromatic N) is 2. The van der Waals surface area contributed by atoms with E-state index in [1.807, 2.05) is 31.2 Å². The van der Waals surface area contributed by atoms with Gasteiger partial charge in [-0.05, 0) is 50.5 Å². The van der Waals surface area contributed by atoms with Crippen molar-refractivity contribution in [2.75, 3.05) is 39.8 Å². The van der Waals surface area contributed by atoms with Crippen LogP contribution in [0.15, 0.2) is 29.3 Å². The summed E-state index contributed by atoms with van der Waals surface area (Å²) in [4.78, 5) is 18.4. The number of aliphatic imine (C=N–C) groups is 1. The second kappa shape index (κ2) is 14.7. The molecule has 1 aromatic carbocycles. The van der Waals surface area contributed by atoms with Gasteiger partial charge in [0.1, 0.15) is 11.9 Å². The molecule has 30 heavy (non-hydrogen) atoms. The van der Waals surface area contributed by atoms with Crippen molar-refractivity contribution >= 4 is 47.4 Å². The molecule has 1 atom stereocenters. The Labute approximate surface area is 202 Å². The van der Waals surface area contributed by atoms with E-state index in [1.165, 1.54) is 0 Å². The quantitative estimate of drug-likeness (QED) is 0.250. The molecule has 0 bridgehead atoms. The van der Waals surface area contributed by atoms with Crippen LogP contribution in [0, 0.1) is 0 Å². The monoisotopic (exact) mass is 551 g/mol. The normalized spacial score (nSPS) is 16.3. The van der Waals surface area contributed by atoms with Gasteiger partial charge in [0.05, 0.1) is 13.1 Å².